The smallest absolute Gasteiger partial charge is 0.118 e. The Labute approximate surface area is 122 Å². The highest BCUT2D eigenvalue weighted by Crippen LogP contribution is 2.31. The summed E-state index contributed by atoms with van der Waals surface area (Å²) in [5.74, 6) is 1.69. The molecular weight excluding hydrogens is 250 g/mol. The highest BCUT2D eigenvalue weighted by atomic mass is 16.5. The van der Waals surface area contributed by atoms with Crippen LogP contribution in [0, 0.1) is 5.92 Å². The highest BCUT2D eigenvalue weighted by Gasteiger charge is 2.22. The van der Waals surface area contributed by atoms with Crippen molar-refractivity contribution in [1.82, 2.24) is 0 Å². The molecule has 0 radical (unpaired) electrons. The van der Waals surface area contributed by atoms with Gasteiger partial charge in [0.1, 0.15) is 5.75 Å². The average molecular weight is 277 g/mol. The summed E-state index contributed by atoms with van der Waals surface area (Å²) in [5.41, 5.74) is 6.97. The molecule has 1 saturated carbocycles. The zero-order valence-electron chi connectivity index (χ0n) is 12.4. The number of rotatable bonds is 7. The number of nitrogens with two attached hydrogens (primary N) is 1. The Bertz CT molecular complexity index is 384. The van der Waals surface area contributed by atoms with Crippen molar-refractivity contribution in [1.29, 1.82) is 0 Å². The molecule has 0 aliphatic heterocycles. The summed E-state index contributed by atoms with van der Waals surface area (Å²) in [4.78, 5) is 0. The molecule has 20 heavy (non-hydrogen) atoms. The van der Waals surface area contributed by atoms with Crippen molar-refractivity contribution in [3.8, 4) is 5.75 Å². The molecule has 1 aliphatic rings. The highest BCUT2D eigenvalue weighted by molar-refractivity contribution is 5.30. The molecule has 1 aromatic rings. The number of methoxy groups -OCH3 is 1. The molecule has 1 fully saturated rings. The summed E-state index contributed by atoms with van der Waals surface area (Å²) in [5, 5.41) is 10.4. The van der Waals surface area contributed by atoms with E-state index in [1.807, 2.05) is 24.3 Å². The average Bonchev–Trinajstić information content (AvgIpc) is 3.00. The van der Waals surface area contributed by atoms with Gasteiger partial charge in [-0.15, -0.1) is 0 Å². The van der Waals surface area contributed by atoms with E-state index >= 15 is 0 Å². The minimum Gasteiger partial charge on any atom is -0.497 e. The predicted molar refractivity (Wildman–Crippen MR) is 82.0 cm³/mol. The van der Waals surface area contributed by atoms with Crippen LogP contribution < -0.4 is 10.5 Å². The Hall–Kier alpha value is -1.06. The van der Waals surface area contributed by atoms with Gasteiger partial charge < -0.3 is 15.6 Å². The maximum absolute atomic E-state index is 10.4. The summed E-state index contributed by atoms with van der Waals surface area (Å²) >= 11 is 0. The van der Waals surface area contributed by atoms with E-state index < -0.39 is 0 Å². The van der Waals surface area contributed by atoms with E-state index in [-0.39, 0.29) is 12.0 Å². The van der Waals surface area contributed by atoms with Crippen molar-refractivity contribution in [2.24, 2.45) is 11.7 Å². The summed E-state index contributed by atoms with van der Waals surface area (Å²) in [6.07, 6.45) is 7.05. The Morgan fingerprint density at radius 2 is 1.90 bits per heavy atom. The summed E-state index contributed by atoms with van der Waals surface area (Å²) in [7, 11) is 1.66. The number of benzene rings is 1. The molecule has 1 aromatic carbocycles. The lowest BCUT2D eigenvalue weighted by atomic mass is 9.88. The topological polar surface area (TPSA) is 55.5 Å². The van der Waals surface area contributed by atoms with Crippen LogP contribution in [0.15, 0.2) is 24.3 Å². The molecule has 2 rings (SSSR count). The zero-order chi connectivity index (χ0) is 14.4. The van der Waals surface area contributed by atoms with Gasteiger partial charge in [-0.25, -0.2) is 0 Å². The molecule has 0 amide bonds. The summed E-state index contributed by atoms with van der Waals surface area (Å²) in [6.45, 7) is 0.484. The van der Waals surface area contributed by atoms with Crippen LogP contribution in [0.2, 0.25) is 0 Å². The lowest BCUT2D eigenvalue weighted by molar-refractivity contribution is 0.127. The van der Waals surface area contributed by atoms with Gasteiger partial charge in [0.2, 0.25) is 0 Å². The molecule has 0 bridgehead atoms. The van der Waals surface area contributed by atoms with E-state index in [0.29, 0.717) is 6.54 Å². The molecule has 0 heterocycles. The largest absolute Gasteiger partial charge is 0.497 e. The third-order valence-electron chi connectivity index (χ3n) is 4.61. The predicted octanol–water partition coefficient (Wildman–Crippen LogP) is 3.07. The van der Waals surface area contributed by atoms with Crippen LogP contribution in [0.1, 0.15) is 50.0 Å². The molecule has 2 unspecified atom stereocenters. The van der Waals surface area contributed by atoms with Crippen molar-refractivity contribution in [3.63, 3.8) is 0 Å². The minimum absolute atomic E-state index is 0.0299. The first kappa shape index (κ1) is 15.3. The van der Waals surface area contributed by atoms with E-state index in [1.54, 1.807) is 7.11 Å². The quantitative estimate of drug-likeness (QED) is 0.805. The normalized spacial score (nSPS) is 18.9. The molecule has 2 atom stereocenters. The first-order chi connectivity index (χ1) is 9.74. The number of aliphatic hydroxyl groups excluding tert-OH is 1. The van der Waals surface area contributed by atoms with Crippen LogP contribution in [0.4, 0.5) is 0 Å². The maximum Gasteiger partial charge on any atom is 0.118 e. The maximum atomic E-state index is 10.4. The van der Waals surface area contributed by atoms with Gasteiger partial charge in [-0.05, 0) is 36.5 Å². The summed E-state index contributed by atoms with van der Waals surface area (Å²) < 4.78 is 5.16. The second-order valence-corrected chi connectivity index (χ2v) is 5.91. The van der Waals surface area contributed by atoms with Crippen LogP contribution >= 0.6 is 0 Å². The van der Waals surface area contributed by atoms with E-state index in [4.69, 9.17) is 10.5 Å². The van der Waals surface area contributed by atoms with Crippen molar-refractivity contribution >= 4 is 0 Å². The number of hydrogen-bond acceptors (Lipinski definition) is 3. The Morgan fingerprint density at radius 1 is 1.25 bits per heavy atom. The fraction of sp³-hybridized carbons (Fsp3) is 0.647. The second kappa shape index (κ2) is 7.65. The van der Waals surface area contributed by atoms with Crippen LogP contribution in [-0.4, -0.2) is 24.9 Å². The second-order valence-electron chi connectivity index (χ2n) is 5.91. The van der Waals surface area contributed by atoms with Crippen molar-refractivity contribution in [2.75, 3.05) is 13.7 Å². The monoisotopic (exact) mass is 277 g/mol. The number of hydrogen-bond donors (Lipinski definition) is 2. The molecule has 0 spiro atoms. The SMILES string of the molecule is COc1ccc(C(CN)C(O)CCC2CCCC2)cc1. The van der Waals surface area contributed by atoms with Crippen LogP contribution in [0.3, 0.4) is 0 Å². The summed E-state index contributed by atoms with van der Waals surface area (Å²) in [6, 6.07) is 7.88. The van der Waals surface area contributed by atoms with Gasteiger partial charge in [0.05, 0.1) is 13.2 Å². The standard InChI is InChI=1S/C17H27NO2/c1-20-15-9-7-14(8-10-15)16(12-18)17(19)11-6-13-4-2-3-5-13/h7-10,13,16-17,19H,2-6,11-12,18H2,1H3. The lowest BCUT2D eigenvalue weighted by Crippen LogP contribution is -2.26. The molecule has 3 nitrogen and oxygen atoms in total. The fourth-order valence-electron chi connectivity index (χ4n) is 3.27. The lowest BCUT2D eigenvalue weighted by Gasteiger charge is -2.23. The molecule has 3 heteroatoms. The molecule has 1 aliphatic carbocycles. The van der Waals surface area contributed by atoms with Gasteiger partial charge in [0.25, 0.3) is 0 Å². The fourth-order valence-corrected chi connectivity index (χ4v) is 3.27. The van der Waals surface area contributed by atoms with Crippen molar-refractivity contribution in [2.45, 2.75) is 50.5 Å². The molecular formula is C17H27NO2. The van der Waals surface area contributed by atoms with Gasteiger partial charge in [0, 0.05) is 12.5 Å². The number of ether oxygens (including phenoxy) is 1. The molecule has 0 aromatic heterocycles. The van der Waals surface area contributed by atoms with Gasteiger partial charge >= 0.3 is 0 Å². The Morgan fingerprint density at radius 3 is 2.45 bits per heavy atom. The van der Waals surface area contributed by atoms with Crippen LogP contribution in [-0.2, 0) is 0 Å². The van der Waals surface area contributed by atoms with Gasteiger partial charge in [-0.2, -0.15) is 0 Å². The van der Waals surface area contributed by atoms with Gasteiger partial charge in [0.15, 0.2) is 0 Å². The van der Waals surface area contributed by atoms with E-state index in [2.05, 4.69) is 0 Å². The zero-order valence-corrected chi connectivity index (χ0v) is 12.4. The van der Waals surface area contributed by atoms with Gasteiger partial charge in [-0.1, -0.05) is 37.8 Å². The third kappa shape index (κ3) is 3.97. The first-order valence-electron chi connectivity index (χ1n) is 7.76. The van der Waals surface area contributed by atoms with Crippen molar-refractivity contribution < 1.29 is 9.84 Å². The molecule has 112 valence electrons. The Kier molecular flexibility index (Phi) is 5.86. The van der Waals surface area contributed by atoms with E-state index in [1.165, 1.54) is 25.7 Å². The third-order valence-corrected chi connectivity index (χ3v) is 4.61. The molecule has 3 N–H and O–H groups in total. The number of aliphatic hydroxyl groups is 1. The Balaban J connectivity index is 1.91. The van der Waals surface area contributed by atoms with Gasteiger partial charge in [-0.3, -0.25) is 0 Å². The minimum atomic E-state index is -0.339. The van der Waals surface area contributed by atoms with Crippen molar-refractivity contribution in [3.05, 3.63) is 29.8 Å². The first-order valence-corrected chi connectivity index (χ1v) is 7.76. The van der Waals surface area contributed by atoms with E-state index in [0.717, 1.165) is 30.1 Å². The van der Waals surface area contributed by atoms with Crippen LogP contribution in [0.25, 0.3) is 0 Å². The van der Waals surface area contributed by atoms with E-state index in [9.17, 15) is 5.11 Å². The van der Waals surface area contributed by atoms with Crippen LogP contribution in [0.5, 0.6) is 5.75 Å². The molecule has 0 saturated heterocycles.